The molecule has 0 saturated carbocycles. The van der Waals surface area contributed by atoms with Gasteiger partial charge in [-0.3, -0.25) is 13.8 Å². The van der Waals surface area contributed by atoms with E-state index in [0.29, 0.717) is 10.8 Å². The van der Waals surface area contributed by atoms with Gasteiger partial charge in [0, 0.05) is 10.7 Å². The van der Waals surface area contributed by atoms with E-state index in [-0.39, 0.29) is 32.0 Å². The molecule has 1 atom stereocenters. The van der Waals surface area contributed by atoms with Crippen molar-refractivity contribution in [3.63, 3.8) is 0 Å². The topological polar surface area (TPSA) is 122 Å². The second kappa shape index (κ2) is 11.4. The van der Waals surface area contributed by atoms with Gasteiger partial charge >= 0.3 is 0 Å². The molecule has 198 valence electrons. The zero-order valence-electron chi connectivity index (χ0n) is 19.7. The number of amides is 1. The third kappa shape index (κ3) is 6.99. The second-order valence-corrected chi connectivity index (χ2v) is 12.6. The average molecular weight is 607 g/mol. The Hall–Kier alpha value is -2.70. The minimum absolute atomic E-state index is 0.0878. The molecule has 0 aromatic heterocycles. The Balaban J connectivity index is 1.79. The molecule has 0 saturated heterocycles. The summed E-state index contributed by atoms with van der Waals surface area (Å²) in [5, 5.41) is 3.24. The van der Waals surface area contributed by atoms with Crippen LogP contribution < -0.4 is 19.1 Å². The van der Waals surface area contributed by atoms with Gasteiger partial charge in [-0.1, -0.05) is 34.8 Å². The highest BCUT2D eigenvalue weighted by atomic mass is 35.5. The lowest BCUT2D eigenvalue weighted by Crippen LogP contribution is -2.45. The van der Waals surface area contributed by atoms with Crippen molar-refractivity contribution in [3.05, 3.63) is 75.7 Å². The molecule has 9 nitrogen and oxygen atoms in total. The molecular weight excluding hydrogens is 585 g/mol. The lowest BCUT2D eigenvalue weighted by Gasteiger charge is -2.28. The molecule has 3 aromatic rings. The van der Waals surface area contributed by atoms with Gasteiger partial charge in [-0.25, -0.2) is 16.8 Å². The van der Waals surface area contributed by atoms with Crippen LogP contribution in [0, 0.1) is 0 Å². The van der Waals surface area contributed by atoms with Crippen molar-refractivity contribution in [3.8, 4) is 5.75 Å². The zero-order valence-corrected chi connectivity index (χ0v) is 23.6. The largest absolute Gasteiger partial charge is 0.495 e. The van der Waals surface area contributed by atoms with E-state index in [1.165, 1.54) is 74.7 Å². The number of methoxy groups -OCH3 is 1. The van der Waals surface area contributed by atoms with E-state index in [1.807, 2.05) is 0 Å². The van der Waals surface area contributed by atoms with E-state index in [2.05, 4.69) is 10.0 Å². The van der Waals surface area contributed by atoms with Crippen molar-refractivity contribution >= 4 is 77.8 Å². The monoisotopic (exact) mass is 605 g/mol. The number of nitrogens with one attached hydrogen (secondary N) is 2. The number of hydrogen-bond acceptors (Lipinski definition) is 6. The summed E-state index contributed by atoms with van der Waals surface area (Å²) in [6.45, 7) is 1.41. The van der Waals surface area contributed by atoms with Crippen molar-refractivity contribution in [2.45, 2.75) is 17.9 Å². The summed E-state index contributed by atoms with van der Waals surface area (Å²) in [4.78, 5) is 12.9. The smallest absolute Gasteiger partial charge is 0.261 e. The van der Waals surface area contributed by atoms with Crippen LogP contribution in [0.5, 0.6) is 5.75 Å². The van der Waals surface area contributed by atoms with Crippen LogP contribution in [-0.2, 0) is 24.8 Å². The van der Waals surface area contributed by atoms with Crippen LogP contribution in [0.15, 0.2) is 65.6 Å². The number of carbonyl (C=O) groups excluding carboxylic acids is 1. The van der Waals surface area contributed by atoms with Gasteiger partial charge in [0.05, 0.1) is 39.7 Å². The molecule has 0 aliphatic heterocycles. The molecule has 37 heavy (non-hydrogen) atoms. The Morgan fingerprint density at radius 2 is 1.57 bits per heavy atom. The Kier molecular flexibility index (Phi) is 8.86. The highest BCUT2D eigenvalue weighted by molar-refractivity contribution is 7.92. The van der Waals surface area contributed by atoms with Gasteiger partial charge in [-0.2, -0.15) is 0 Å². The average Bonchev–Trinajstić information content (AvgIpc) is 2.80. The molecular formula is C23H22Cl3N3O6S2. The van der Waals surface area contributed by atoms with E-state index in [4.69, 9.17) is 39.5 Å². The molecule has 14 heteroatoms. The molecule has 1 amide bonds. The van der Waals surface area contributed by atoms with Gasteiger partial charge in [-0.05, 0) is 67.6 Å². The number of sulfonamides is 2. The maximum absolute atomic E-state index is 12.9. The molecule has 0 bridgehead atoms. The fraction of sp³-hybridized carbons (Fsp3) is 0.174. The maximum atomic E-state index is 12.9. The van der Waals surface area contributed by atoms with Crippen LogP contribution in [0.2, 0.25) is 15.1 Å². The summed E-state index contributed by atoms with van der Waals surface area (Å²) < 4.78 is 58.9. The van der Waals surface area contributed by atoms with Crippen LogP contribution in [0.3, 0.4) is 0 Å². The summed E-state index contributed by atoms with van der Waals surface area (Å²) >= 11 is 18.0. The molecule has 0 spiro atoms. The zero-order chi connectivity index (χ0) is 27.5. The van der Waals surface area contributed by atoms with Gasteiger partial charge in [0.1, 0.15) is 11.8 Å². The first-order valence-corrected chi connectivity index (χ1v) is 14.9. The van der Waals surface area contributed by atoms with Crippen LogP contribution in [0.4, 0.5) is 17.1 Å². The fourth-order valence-corrected chi connectivity index (χ4v) is 6.35. The summed E-state index contributed by atoms with van der Waals surface area (Å²) in [6, 6.07) is 12.8. The van der Waals surface area contributed by atoms with E-state index in [1.54, 1.807) is 0 Å². The van der Waals surface area contributed by atoms with Crippen molar-refractivity contribution in [2.24, 2.45) is 0 Å². The quantitative estimate of drug-likeness (QED) is 0.343. The first-order valence-electron chi connectivity index (χ1n) is 10.4. The number of anilines is 3. The number of hydrogen-bond donors (Lipinski definition) is 2. The summed E-state index contributed by atoms with van der Waals surface area (Å²) in [6.07, 6.45) is 0.967. The second-order valence-electron chi connectivity index (χ2n) is 7.80. The Labute approximate surface area is 230 Å². The highest BCUT2D eigenvalue weighted by Gasteiger charge is 2.30. The van der Waals surface area contributed by atoms with Crippen LogP contribution in [-0.4, -0.2) is 42.2 Å². The van der Waals surface area contributed by atoms with Crippen molar-refractivity contribution in [1.82, 2.24) is 0 Å². The SMILES string of the molecule is COc1ccc(N([C@H](C)C(=O)Nc2ccc(S(=O)(=O)Nc3ccc(Cl)cc3Cl)cc2)S(C)(=O)=O)cc1Cl. The number of carbonyl (C=O) groups is 1. The normalized spacial score (nSPS) is 12.5. The number of nitrogens with zero attached hydrogens (tertiary/aromatic N) is 1. The summed E-state index contributed by atoms with van der Waals surface area (Å²) in [7, 11) is -6.45. The molecule has 0 aliphatic carbocycles. The predicted molar refractivity (Wildman–Crippen MR) is 147 cm³/mol. The van der Waals surface area contributed by atoms with E-state index in [9.17, 15) is 21.6 Å². The van der Waals surface area contributed by atoms with E-state index < -0.39 is 32.0 Å². The third-order valence-corrected chi connectivity index (χ3v) is 8.55. The van der Waals surface area contributed by atoms with Gasteiger partial charge in [0.2, 0.25) is 15.9 Å². The van der Waals surface area contributed by atoms with Gasteiger partial charge in [0.15, 0.2) is 0 Å². The standard InChI is InChI=1S/C23H22Cl3N3O6S2/c1-14(29(36(3,31)32)17-7-11-22(35-2)20(26)13-17)23(30)27-16-5-8-18(9-6-16)37(33,34)28-21-10-4-15(24)12-19(21)25/h4-14,28H,1-3H3,(H,27,30)/t14-/m1/s1. The number of halogens is 3. The van der Waals surface area contributed by atoms with Crippen molar-refractivity contribution in [1.29, 1.82) is 0 Å². The first kappa shape index (κ1) is 28.9. The van der Waals surface area contributed by atoms with Crippen molar-refractivity contribution < 1.29 is 26.4 Å². The Morgan fingerprint density at radius 1 is 0.919 bits per heavy atom. The van der Waals surface area contributed by atoms with Crippen molar-refractivity contribution in [2.75, 3.05) is 27.7 Å². The lowest BCUT2D eigenvalue weighted by atomic mass is 10.2. The van der Waals surface area contributed by atoms with Crippen LogP contribution in [0.1, 0.15) is 6.92 Å². The minimum atomic E-state index is -3.99. The maximum Gasteiger partial charge on any atom is 0.261 e. The molecule has 0 fully saturated rings. The lowest BCUT2D eigenvalue weighted by molar-refractivity contribution is -0.116. The van der Waals surface area contributed by atoms with Gasteiger partial charge in [0.25, 0.3) is 10.0 Å². The molecule has 2 N–H and O–H groups in total. The van der Waals surface area contributed by atoms with E-state index in [0.717, 1.165) is 10.6 Å². The van der Waals surface area contributed by atoms with Gasteiger partial charge in [-0.15, -0.1) is 0 Å². The van der Waals surface area contributed by atoms with E-state index >= 15 is 0 Å². The summed E-state index contributed by atoms with van der Waals surface area (Å²) in [5.41, 5.74) is 0.572. The predicted octanol–water partition coefficient (Wildman–Crippen LogP) is 5.25. The molecule has 3 aromatic carbocycles. The molecule has 0 heterocycles. The van der Waals surface area contributed by atoms with Crippen LogP contribution >= 0.6 is 34.8 Å². The minimum Gasteiger partial charge on any atom is -0.495 e. The molecule has 0 aliphatic rings. The number of benzene rings is 3. The fourth-order valence-electron chi connectivity index (χ4n) is 3.34. The Morgan fingerprint density at radius 3 is 2.11 bits per heavy atom. The molecule has 0 unspecified atom stereocenters. The molecule has 3 rings (SSSR count). The third-order valence-electron chi connectivity index (χ3n) is 5.09. The highest BCUT2D eigenvalue weighted by Crippen LogP contribution is 2.32. The number of ether oxygens (including phenoxy) is 1. The van der Waals surface area contributed by atoms with Crippen LogP contribution in [0.25, 0.3) is 0 Å². The summed E-state index contributed by atoms with van der Waals surface area (Å²) in [5.74, 6) is -0.308. The molecule has 0 radical (unpaired) electrons. The first-order chi connectivity index (χ1) is 17.2. The number of rotatable bonds is 9. The van der Waals surface area contributed by atoms with Gasteiger partial charge < -0.3 is 10.1 Å². The Bertz CT molecular complexity index is 1530.